The molecular weight excluding hydrogens is 314 g/mol. The smallest absolute Gasteiger partial charge is 0.238 e. The van der Waals surface area contributed by atoms with Gasteiger partial charge in [0, 0.05) is 7.05 Å². The summed E-state index contributed by atoms with van der Waals surface area (Å²) in [5, 5.41) is 0. The van der Waals surface area contributed by atoms with Gasteiger partial charge in [-0.15, -0.1) is 0 Å². The molecule has 0 radical (unpaired) electrons. The van der Waals surface area contributed by atoms with E-state index in [4.69, 9.17) is 10.6 Å². The highest BCUT2D eigenvalue weighted by Gasteiger charge is 2.14. The molecule has 1 heterocycles. The van der Waals surface area contributed by atoms with Gasteiger partial charge in [0.1, 0.15) is 12.4 Å². The number of carbonyl (C=O) groups excluding carboxylic acids is 1. The number of ether oxygens (including phenoxy) is 1. The molecule has 25 heavy (non-hydrogen) atoms. The summed E-state index contributed by atoms with van der Waals surface area (Å²) < 4.78 is 5.76. The number of carbonyl (C=O) groups is 1. The molecule has 0 spiro atoms. The average molecular weight is 341 g/mol. The summed E-state index contributed by atoms with van der Waals surface area (Å²) in [6.07, 6.45) is 2.23. The molecule has 1 aliphatic rings. The van der Waals surface area contributed by atoms with Crippen LogP contribution in [0.15, 0.2) is 42.5 Å². The van der Waals surface area contributed by atoms with Gasteiger partial charge in [0.15, 0.2) is 0 Å². The predicted octanol–water partition coefficient (Wildman–Crippen LogP) is 2.47. The van der Waals surface area contributed by atoms with Crippen molar-refractivity contribution in [2.45, 2.75) is 26.7 Å². The van der Waals surface area contributed by atoms with Gasteiger partial charge in [-0.2, -0.15) is 0 Å². The highest BCUT2D eigenvalue weighted by atomic mass is 16.5. The Labute approximate surface area is 149 Å². The predicted molar refractivity (Wildman–Crippen MR) is 102 cm³/mol. The largest absolute Gasteiger partial charge is 0.490 e. The molecule has 0 saturated heterocycles. The molecule has 3 N–H and O–H groups in total. The number of hydrogen-bond acceptors (Lipinski definition) is 4. The number of hydrogen-bond donors (Lipinski definition) is 2. The third kappa shape index (κ3) is 4.73. The third-order valence-corrected chi connectivity index (χ3v) is 4.37. The second-order valence-corrected chi connectivity index (χ2v) is 6.13. The molecule has 2 aromatic carbocycles. The van der Waals surface area contributed by atoms with Crippen LogP contribution in [-0.4, -0.2) is 26.1 Å². The molecule has 0 bridgehead atoms. The number of fused-ring (bicyclic) bond motifs is 1. The summed E-state index contributed by atoms with van der Waals surface area (Å²) in [6.45, 7) is 1.67. The standard InChI is InChI=1S/C19H23N3O2.CH4/c1-22-10-11-24-18-12-15(8-9-17(18)22)5-2-14-3-6-16(7-4-14)13-19(23)21-20;/h3-4,6-9,12H,2,5,10-11,13,20H2,1H3,(H,21,23);1H4. The van der Waals surface area contributed by atoms with Gasteiger partial charge in [0.25, 0.3) is 0 Å². The molecule has 1 aliphatic heterocycles. The number of nitrogens with zero attached hydrogens (tertiary/aromatic N) is 1. The van der Waals surface area contributed by atoms with Gasteiger partial charge in [-0.1, -0.05) is 37.8 Å². The minimum atomic E-state index is -0.179. The van der Waals surface area contributed by atoms with Crippen LogP contribution in [0.3, 0.4) is 0 Å². The second-order valence-electron chi connectivity index (χ2n) is 6.13. The van der Waals surface area contributed by atoms with E-state index in [9.17, 15) is 4.79 Å². The van der Waals surface area contributed by atoms with Crippen molar-refractivity contribution in [3.8, 4) is 5.75 Å². The Morgan fingerprint density at radius 2 is 1.76 bits per heavy atom. The quantitative estimate of drug-likeness (QED) is 0.498. The van der Waals surface area contributed by atoms with Crippen LogP contribution in [0.1, 0.15) is 24.1 Å². The SMILES string of the molecule is C.CN1CCOc2cc(CCc3ccc(CC(=O)NN)cc3)ccc21. The van der Waals surface area contributed by atoms with Crippen LogP contribution in [0.2, 0.25) is 0 Å². The lowest BCUT2D eigenvalue weighted by molar-refractivity contribution is -0.120. The minimum absolute atomic E-state index is 0. The van der Waals surface area contributed by atoms with Crippen LogP contribution < -0.4 is 20.9 Å². The number of amides is 1. The van der Waals surface area contributed by atoms with E-state index < -0.39 is 0 Å². The molecule has 0 unspecified atom stereocenters. The van der Waals surface area contributed by atoms with Gasteiger partial charge in [-0.05, 0) is 41.7 Å². The molecule has 134 valence electrons. The van der Waals surface area contributed by atoms with Crippen molar-refractivity contribution >= 4 is 11.6 Å². The summed E-state index contributed by atoms with van der Waals surface area (Å²) in [5.74, 6) is 5.90. The van der Waals surface area contributed by atoms with Gasteiger partial charge < -0.3 is 9.64 Å². The first-order valence-corrected chi connectivity index (χ1v) is 8.20. The molecule has 1 amide bonds. The topological polar surface area (TPSA) is 67.6 Å². The average Bonchev–Trinajstić information content (AvgIpc) is 2.61. The van der Waals surface area contributed by atoms with E-state index >= 15 is 0 Å². The van der Waals surface area contributed by atoms with E-state index in [0.29, 0.717) is 6.42 Å². The fourth-order valence-electron chi connectivity index (χ4n) is 2.91. The Bertz CT molecular complexity index is 713. The number of anilines is 1. The molecule has 0 aliphatic carbocycles. The fourth-order valence-corrected chi connectivity index (χ4v) is 2.91. The molecule has 0 fully saturated rings. The van der Waals surface area contributed by atoms with Crippen molar-refractivity contribution < 1.29 is 9.53 Å². The summed E-state index contributed by atoms with van der Waals surface area (Å²) in [4.78, 5) is 13.5. The van der Waals surface area contributed by atoms with E-state index in [-0.39, 0.29) is 13.3 Å². The van der Waals surface area contributed by atoms with Crippen LogP contribution in [-0.2, 0) is 24.1 Å². The Kier molecular flexibility index (Phi) is 6.42. The highest BCUT2D eigenvalue weighted by Crippen LogP contribution is 2.31. The zero-order valence-electron chi connectivity index (χ0n) is 13.9. The zero-order chi connectivity index (χ0) is 16.9. The first-order chi connectivity index (χ1) is 11.7. The lowest BCUT2D eigenvalue weighted by atomic mass is 10.0. The molecule has 5 heteroatoms. The van der Waals surface area contributed by atoms with Gasteiger partial charge in [-0.3, -0.25) is 10.2 Å². The maximum Gasteiger partial charge on any atom is 0.238 e. The maximum absolute atomic E-state index is 11.3. The van der Waals surface area contributed by atoms with E-state index in [1.807, 2.05) is 12.1 Å². The highest BCUT2D eigenvalue weighted by molar-refractivity contribution is 5.77. The van der Waals surface area contributed by atoms with Crippen molar-refractivity contribution in [3.05, 3.63) is 59.2 Å². The van der Waals surface area contributed by atoms with Crippen molar-refractivity contribution in [1.82, 2.24) is 5.43 Å². The Morgan fingerprint density at radius 1 is 1.12 bits per heavy atom. The number of likely N-dealkylation sites (N-methyl/N-ethyl adjacent to an activating group) is 1. The number of aryl methyl sites for hydroxylation is 2. The maximum atomic E-state index is 11.3. The molecule has 0 aromatic heterocycles. The van der Waals surface area contributed by atoms with Crippen LogP contribution in [0, 0.1) is 0 Å². The Hall–Kier alpha value is -2.53. The van der Waals surface area contributed by atoms with Gasteiger partial charge in [0.05, 0.1) is 18.7 Å². The van der Waals surface area contributed by atoms with E-state index in [1.54, 1.807) is 0 Å². The van der Waals surface area contributed by atoms with E-state index in [1.165, 1.54) is 11.1 Å². The molecule has 0 saturated carbocycles. The van der Waals surface area contributed by atoms with Gasteiger partial charge >= 0.3 is 0 Å². The van der Waals surface area contributed by atoms with Crippen LogP contribution in [0.25, 0.3) is 0 Å². The molecule has 3 rings (SSSR count). The molecular formula is C20H27N3O2. The minimum Gasteiger partial charge on any atom is -0.490 e. The van der Waals surface area contributed by atoms with Crippen molar-refractivity contribution in [3.63, 3.8) is 0 Å². The van der Waals surface area contributed by atoms with Crippen molar-refractivity contribution in [2.75, 3.05) is 25.1 Å². The Morgan fingerprint density at radius 3 is 2.48 bits per heavy atom. The lowest BCUT2D eigenvalue weighted by Crippen LogP contribution is -2.31. The molecule has 2 aromatic rings. The number of hydrazine groups is 1. The normalized spacial score (nSPS) is 12.6. The first kappa shape index (κ1) is 18.8. The number of nitrogens with two attached hydrogens (primary N) is 1. The summed E-state index contributed by atoms with van der Waals surface area (Å²) in [7, 11) is 2.09. The van der Waals surface area contributed by atoms with Crippen LogP contribution >= 0.6 is 0 Å². The van der Waals surface area contributed by atoms with Crippen LogP contribution in [0.4, 0.5) is 5.69 Å². The van der Waals surface area contributed by atoms with Crippen molar-refractivity contribution in [2.24, 2.45) is 5.84 Å². The number of benzene rings is 2. The Balaban J connectivity index is 0.00000225. The monoisotopic (exact) mass is 341 g/mol. The van der Waals surface area contributed by atoms with Crippen molar-refractivity contribution in [1.29, 1.82) is 0 Å². The van der Waals surface area contributed by atoms with E-state index in [0.717, 1.165) is 43.0 Å². The fraction of sp³-hybridized carbons (Fsp3) is 0.350. The number of nitrogens with one attached hydrogen (secondary N) is 1. The lowest BCUT2D eigenvalue weighted by Gasteiger charge is -2.28. The first-order valence-electron chi connectivity index (χ1n) is 8.20. The summed E-state index contributed by atoms with van der Waals surface area (Å²) >= 11 is 0. The summed E-state index contributed by atoms with van der Waals surface area (Å²) in [6, 6.07) is 14.6. The summed E-state index contributed by atoms with van der Waals surface area (Å²) in [5.41, 5.74) is 6.80. The zero-order valence-corrected chi connectivity index (χ0v) is 13.9. The molecule has 0 atom stereocenters. The van der Waals surface area contributed by atoms with Gasteiger partial charge in [0.2, 0.25) is 5.91 Å². The third-order valence-electron chi connectivity index (χ3n) is 4.37. The van der Waals surface area contributed by atoms with E-state index in [2.05, 4.69) is 47.7 Å². The number of rotatable bonds is 5. The van der Waals surface area contributed by atoms with Crippen LogP contribution in [0.5, 0.6) is 5.75 Å². The molecule has 5 nitrogen and oxygen atoms in total. The van der Waals surface area contributed by atoms with Gasteiger partial charge in [-0.25, -0.2) is 5.84 Å². The second kappa shape index (κ2) is 8.53.